The average molecular weight is 452 g/mol. The number of hydrogen-bond acceptors (Lipinski definition) is 7. The zero-order valence-corrected chi connectivity index (χ0v) is 20.2. The molecule has 0 spiro atoms. The highest BCUT2D eigenvalue weighted by Gasteiger charge is 2.46. The van der Waals surface area contributed by atoms with Gasteiger partial charge in [0.2, 0.25) is 0 Å². The molecule has 0 saturated carbocycles. The van der Waals surface area contributed by atoms with Crippen LogP contribution in [0.25, 0.3) is 0 Å². The fraction of sp³-hybridized carbons (Fsp3) is 1.00. The molecule has 0 amide bonds. The van der Waals surface area contributed by atoms with Gasteiger partial charge >= 0.3 is 0 Å². The van der Waals surface area contributed by atoms with Crippen molar-refractivity contribution in [3.63, 3.8) is 0 Å². The van der Waals surface area contributed by atoms with Crippen LogP contribution in [0.4, 0.5) is 0 Å². The smallest absolute Gasteiger partial charge is 0.103 e. The SMILES string of the molecule is CCCCCCCCN(CCCCCCCC)S[C@@H]1S[C@@H]([C@H](O)CO)[C@H](O)[C@H]1O. The summed E-state index contributed by atoms with van der Waals surface area (Å²) in [5.74, 6) is 0. The van der Waals surface area contributed by atoms with Gasteiger partial charge in [-0.15, -0.1) is 11.8 Å². The number of unbranched alkanes of at least 4 members (excludes halogenated alkanes) is 10. The lowest BCUT2D eigenvalue weighted by Gasteiger charge is -2.26. The Bertz CT molecular complexity index is 376. The monoisotopic (exact) mass is 451 g/mol. The van der Waals surface area contributed by atoms with E-state index in [4.69, 9.17) is 0 Å². The highest BCUT2D eigenvalue weighted by molar-refractivity contribution is 8.16. The Balaban J connectivity index is 2.46. The second kappa shape index (κ2) is 17.1. The molecular weight excluding hydrogens is 406 g/mol. The Labute approximate surface area is 187 Å². The second-order valence-electron chi connectivity index (χ2n) is 8.27. The summed E-state index contributed by atoms with van der Waals surface area (Å²) in [5.41, 5.74) is 0. The summed E-state index contributed by atoms with van der Waals surface area (Å²) in [5, 5.41) is 39.3. The Morgan fingerprint density at radius 3 is 1.76 bits per heavy atom. The van der Waals surface area contributed by atoms with Gasteiger partial charge in [-0.3, -0.25) is 0 Å². The molecular formula is C22H45NO4S2. The summed E-state index contributed by atoms with van der Waals surface area (Å²) >= 11 is 3.03. The molecule has 1 fully saturated rings. The van der Waals surface area contributed by atoms with Crippen LogP contribution in [0.5, 0.6) is 0 Å². The zero-order chi connectivity index (χ0) is 21.5. The maximum Gasteiger partial charge on any atom is 0.103 e. The molecule has 29 heavy (non-hydrogen) atoms. The topological polar surface area (TPSA) is 84.2 Å². The van der Waals surface area contributed by atoms with Crippen LogP contribution < -0.4 is 0 Å². The maximum absolute atomic E-state index is 10.4. The fourth-order valence-corrected chi connectivity index (χ4v) is 6.90. The van der Waals surface area contributed by atoms with Gasteiger partial charge in [-0.1, -0.05) is 90.0 Å². The molecule has 1 aliphatic heterocycles. The van der Waals surface area contributed by atoms with E-state index in [2.05, 4.69) is 18.2 Å². The van der Waals surface area contributed by atoms with Crippen molar-refractivity contribution >= 4 is 23.7 Å². The molecule has 0 radical (unpaired) electrons. The molecule has 5 atom stereocenters. The third-order valence-corrected chi connectivity index (χ3v) is 8.79. The van der Waals surface area contributed by atoms with Crippen LogP contribution in [0.15, 0.2) is 0 Å². The first kappa shape index (κ1) is 27.5. The standard InChI is InChI=1S/C22H45NO4S2/c1-3-5-7-9-11-13-15-23(16-14-12-10-8-6-4-2)29-22-20(27)19(26)21(28-22)18(25)17-24/h18-22,24-27H,3-17H2,1-2H3/t18-,19-,20-,21+,22+/m1/s1. The minimum absolute atomic E-state index is 0.198. The minimum Gasteiger partial charge on any atom is -0.394 e. The van der Waals surface area contributed by atoms with Gasteiger partial charge in [0.25, 0.3) is 0 Å². The van der Waals surface area contributed by atoms with Crippen molar-refractivity contribution in [2.24, 2.45) is 0 Å². The molecule has 0 aromatic heterocycles. The van der Waals surface area contributed by atoms with Gasteiger partial charge in [0.15, 0.2) is 0 Å². The first-order valence-electron chi connectivity index (χ1n) is 11.8. The zero-order valence-electron chi connectivity index (χ0n) is 18.5. The van der Waals surface area contributed by atoms with E-state index >= 15 is 0 Å². The van der Waals surface area contributed by atoms with E-state index in [9.17, 15) is 20.4 Å². The Hall–Kier alpha value is 0.500. The van der Waals surface area contributed by atoms with E-state index in [1.807, 2.05) is 0 Å². The molecule has 0 aromatic carbocycles. The lowest BCUT2D eigenvalue weighted by molar-refractivity contribution is -0.00149. The summed E-state index contributed by atoms with van der Waals surface area (Å²) < 4.78 is 2.16. The summed E-state index contributed by atoms with van der Waals surface area (Å²) in [6, 6.07) is 0. The number of rotatable bonds is 18. The molecule has 1 saturated heterocycles. The van der Waals surface area contributed by atoms with Gasteiger partial charge in [-0.2, -0.15) is 0 Å². The average Bonchev–Trinajstić information content (AvgIpc) is 3.00. The predicted octanol–water partition coefficient (Wildman–Crippen LogP) is 4.17. The third-order valence-electron chi connectivity index (χ3n) is 5.60. The predicted molar refractivity (Wildman–Crippen MR) is 126 cm³/mol. The normalized spacial score (nSPS) is 25.8. The van der Waals surface area contributed by atoms with Crippen molar-refractivity contribution in [2.45, 2.75) is 119 Å². The first-order valence-corrected chi connectivity index (χ1v) is 13.5. The molecule has 1 heterocycles. The molecule has 1 rings (SSSR count). The van der Waals surface area contributed by atoms with Crippen LogP contribution in [-0.2, 0) is 0 Å². The molecule has 0 bridgehead atoms. The van der Waals surface area contributed by atoms with Gasteiger partial charge < -0.3 is 20.4 Å². The van der Waals surface area contributed by atoms with Gasteiger partial charge in [0, 0.05) is 13.1 Å². The molecule has 0 aliphatic carbocycles. The third kappa shape index (κ3) is 11.1. The van der Waals surface area contributed by atoms with E-state index in [1.54, 1.807) is 11.9 Å². The molecule has 0 aromatic rings. The van der Waals surface area contributed by atoms with Crippen LogP contribution in [0.3, 0.4) is 0 Å². The molecule has 0 unspecified atom stereocenters. The van der Waals surface area contributed by atoms with Crippen molar-refractivity contribution in [3.8, 4) is 0 Å². The number of nitrogens with zero attached hydrogens (tertiary/aromatic N) is 1. The van der Waals surface area contributed by atoms with E-state index in [0.717, 1.165) is 25.9 Å². The highest BCUT2D eigenvalue weighted by atomic mass is 32.2. The summed E-state index contributed by atoms with van der Waals surface area (Å²) in [6.07, 6.45) is 12.3. The second-order valence-corrected chi connectivity index (χ2v) is 11.1. The summed E-state index contributed by atoms with van der Waals surface area (Å²) in [6.45, 7) is 6.08. The van der Waals surface area contributed by atoms with Crippen molar-refractivity contribution in [2.75, 3.05) is 19.7 Å². The summed E-state index contributed by atoms with van der Waals surface area (Å²) in [4.78, 5) is 0. The van der Waals surface area contributed by atoms with Gasteiger partial charge in [0.1, 0.15) is 6.10 Å². The van der Waals surface area contributed by atoms with E-state index in [1.165, 1.54) is 76.0 Å². The fourth-order valence-electron chi connectivity index (χ4n) is 3.68. The summed E-state index contributed by atoms with van der Waals surface area (Å²) in [7, 11) is 0. The Morgan fingerprint density at radius 2 is 1.28 bits per heavy atom. The molecule has 174 valence electrons. The highest BCUT2D eigenvalue weighted by Crippen LogP contribution is 2.43. The Kier molecular flexibility index (Phi) is 16.2. The number of aliphatic hydroxyl groups excluding tert-OH is 4. The largest absolute Gasteiger partial charge is 0.394 e. The minimum atomic E-state index is -0.999. The molecule has 7 heteroatoms. The van der Waals surface area contributed by atoms with E-state index in [0.29, 0.717) is 0 Å². The van der Waals surface area contributed by atoms with Crippen molar-refractivity contribution in [1.82, 2.24) is 4.31 Å². The van der Waals surface area contributed by atoms with Gasteiger partial charge in [-0.05, 0) is 12.8 Å². The number of hydrogen-bond donors (Lipinski definition) is 4. The van der Waals surface area contributed by atoms with Crippen molar-refractivity contribution in [3.05, 3.63) is 0 Å². The number of aliphatic hydroxyl groups is 4. The van der Waals surface area contributed by atoms with Crippen molar-refractivity contribution < 1.29 is 20.4 Å². The van der Waals surface area contributed by atoms with Crippen LogP contribution in [0, 0.1) is 0 Å². The molecule has 1 aliphatic rings. The van der Waals surface area contributed by atoms with Crippen LogP contribution in [-0.4, -0.2) is 72.6 Å². The van der Waals surface area contributed by atoms with Crippen LogP contribution in [0.1, 0.15) is 90.9 Å². The lowest BCUT2D eigenvalue weighted by Crippen LogP contribution is -2.39. The quantitative estimate of drug-likeness (QED) is 0.184. The molecule has 5 nitrogen and oxygen atoms in total. The lowest BCUT2D eigenvalue weighted by atomic mass is 10.1. The maximum atomic E-state index is 10.4. The van der Waals surface area contributed by atoms with E-state index < -0.39 is 30.2 Å². The van der Waals surface area contributed by atoms with Crippen molar-refractivity contribution in [1.29, 1.82) is 0 Å². The first-order chi connectivity index (χ1) is 14.0. The van der Waals surface area contributed by atoms with Crippen LogP contribution in [0.2, 0.25) is 0 Å². The van der Waals surface area contributed by atoms with Gasteiger partial charge in [-0.25, -0.2) is 4.31 Å². The van der Waals surface area contributed by atoms with E-state index in [-0.39, 0.29) is 4.58 Å². The van der Waals surface area contributed by atoms with Crippen LogP contribution >= 0.6 is 23.7 Å². The number of thioether (sulfide) groups is 1. The van der Waals surface area contributed by atoms with Gasteiger partial charge in [0.05, 0.1) is 28.6 Å². The molecule has 4 N–H and O–H groups in total. The Morgan fingerprint density at radius 1 is 0.793 bits per heavy atom.